The number of carbonyl (C=O) groups is 2. The minimum Gasteiger partial charge on any atom is -0.350 e. The molecule has 31 heavy (non-hydrogen) atoms. The van der Waals surface area contributed by atoms with Crippen molar-refractivity contribution in [3.8, 4) is 0 Å². The van der Waals surface area contributed by atoms with Gasteiger partial charge in [-0.15, -0.1) is 11.3 Å². The minimum atomic E-state index is -0.312. The number of hydrogen-bond acceptors (Lipinski definition) is 4. The minimum absolute atomic E-state index is 0.230. The van der Waals surface area contributed by atoms with Gasteiger partial charge < -0.3 is 10.6 Å². The van der Waals surface area contributed by atoms with Gasteiger partial charge in [-0.05, 0) is 54.3 Å². The number of halogens is 1. The van der Waals surface area contributed by atoms with E-state index in [4.69, 9.17) is 11.6 Å². The van der Waals surface area contributed by atoms with Gasteiger partial charge in [0.1, 0.15) is 5.70 Å². The second-order valence-electron chi connectivity index (χ2n) is 6.83. The molecule has 2 N–H and O–H groups in total. The Labute approximate surface area is 195 Å². The van der Waals surface area contributed by atoms with Crippen LogP contribution in [-0.4, -0.2) is 24.1 Å². The molecule has 0 atom stereocenters. The molecular formula is C24H23ClN2O2S2. The highest BCUT2D eigenvalue weighted by molar-refractivity contribution is 7.98. The van der Waals surface area contributed by atoms with Crippen molar-refractivity contribution in [3.63, 3.8) is 0 Å². The maximum atomic E-state index is 12.8. The number of benzene rings is 2. The van der Waals surface area contributed by atoms with Crippen molar-refractivity contribution < 1.29 is 9.59 Å². The molecule has 0 aliphatic rings. The smallest absolute Gasteiger partial charge is 0.267 e. The molecule has 0 aliphatic carbocycles. The van der Waals surface area contributed by atoms with Crippen LogP contribution in [0, 0.1) is 6.92 Å². The van der Waals surface area contributed by atoms with Crippen LogP contribution in [0.3, 0.4) is 0 Å². The topological polar surface area (TPSA) is 58.2 Å². The van der Waals surface area contributed by atoms with E-state index in [1.54, 1.807) is 30.0 Å². The Kier molecular flexibility index (Phi) is 8.76. The SMILES string of the molecule is Cc1ccc(C(=O)N/C(=C\c2cccs2)C(=O)NCCSCc2cccc(Cl)c2)cc1. The molecule has 2 aromatic carbocycles. The maximum absolute atomic E-state index is 12.8. The van der Waals surface area contributed by atoms with Gasteiger partial charge in [0.2, 0.25) is 0 Å². The summed E-state index contributed by atoms with van der Waals surface area (Å²) in [4.78, 5) is 26.3. The maximum Gasteiger partial charge on any atom is 0.267 e. The molecule has 0 spiro atoms. The molecule has 1 aromatic heterocycles. The molecule has 2 amide bonds. The van der Waals surface area contributed by atoms with Gasteiger partial charge in [-0.1, -0.05) is 47.5 Å². The van der Waals surface area contributed by atoms with Crippen LogP contribution in [0.5, 0.6) is 0 Å². The van der Waals surface area contributed by atoms with Crippen LogP contribution in [0.25, 0.3) is 6.08 Å². The van der Waals surface area contributed by atoms with E-state index in [1.807, 2.05) is 60.8 Å². The number of thiophene rings is 1. The zero-order chi connectivity index (χ0) is 22.1. The standard InChI is InChI=1S/C24H23ClN2O2S2/c1-17-7-9-19(10-8-17)23(28)27-22(15-21-6-3-12-31-21)24(29)26-11-13-30-16-18-4-2-5-20(25)14-18/h2-10,12,14-15H,11,13,16H2,1H3,(H,26,29)(H,27,28)/b22-15-. The Morgan fingerprint density at radius 1 is 1.10 bits per heavy atom. The second-order valence-corrected chi connectivity index (χ2v) is 9.35. The number of aryl methyl sites for hydroxylation is 1. The summed E-state index contributed by atoms with van der Waals surface area (Å²) in [5, 5.41) is 8.30. The molecule has 3 rings (SSSR count). The second kappa shape index (κ2) is 11.7. The van der Waals surface area contributed by atoms with Gasteiger partial charge in [0, 0.05) is 33.5 Å². The van der Waals surface area contributed by atoms with Crippen molar-refractivity contribution in [2.24, 2.45) is 0 Å². The quantitative estimate of drug-likeness (QED) is 0.319. The third kappa shape index (κ3) is 7.58. The molecule has 0 bridgehead atoms. The van der Waals surface area contributed by atoms with Gasteiger partial charge in [0.15, 0.2) is 0 Å². The average molecular weight is 471 g/mol. The van der Waals surface area contributed by atoms with Crippen LogP contribution in [-0.2, 0) is 10.5 Å². The summed E-state index contributed by atoms with van der Waals surface area (Å²) in [6.45, 7) is 2.45. The third-order valence-corrected chi connectivity index (χ3v) is 6.41. The lowest BCUT2D eigenvalue weighted by atomic mass is 10.1. The van der Waals surface area contributed by atoms with Crippen LogP contribution in [0.15, 0.2) is 71.7 Å². The summed E-state index contributed by atoms with van der Waals surface area (Å²) in [5.74, 6) is 0.945. The van der Waals surface area contributed by atoms with Crippen molar-refractivity contribution in [2.75, 3.05) is 12.3 Å². The molecule has 0 saturated carbocycles. The molecule has 4 nitrogen and oxygen atoms in total. The Morgan fingerprint density at radius 3 is 2.61 bits per heavy atom. The lowest BCUT2D eigenvalue weighted by Crippen LogP contribution is -2.35. The number of nitrogens with one attached hydrogen (secondary N) is 2. The van der Waals surface area contributed by atoms with Crippen LogP contribution in [0.4, 0.5) is 0 Å². The lowest BCUT2D eigenvalue weighted by Gasteiger charge is -2.11. The molecule has 0 unspecified atom stereocenters. The van der Waals surface area contributed by atoms with E-state index in [0.717, 1.165) is 32.5 Å². The van der Waals surface area contributed by atoms with Gasteiger partial charge >= 0.3 is 0 Å². The molecular weight excluding hydrogens is 448 g/mol. The molecule has 7 heteroatoms. The molecule has 1 heterocycles. The van der Waals surface area contributed by atoms with Crippen molar-refractivity contribution in [1.29, 1.82) is 0 Å². The summed E-state index contributed by atoms with van der Waals surface area (Å²) in [6, 6.07) is 18.8. The summed E-state index contributed by atoms with van der Waals surface area (Å²) in [6.07, 6.45) is 1.70. The Hall–Kier alpha value is -2.54. The van der Waals surface area contributed by atoms with E-state index in [1.165, 1.54) is 11.3 Å². The van der Waals surface area contributed by atoms with Gasteiger partial charge in [0.05, 0.1) is 0 Å². The lowest BCUT2D eigenvalue weighted by molar-refractivity contribution is -0.117. The predicted octanol–water partition coefficient (Wildman–Crippen LogP) is 5.53. The fourth-order valence-electron chi connectivity index (χ4n) is 2.72. The van der Waals surface area contributed by atoms with E-state index in [-0.39, 0.29) is 17.5 Å². The van der Waals surface area contributed by atoms with E-state index in [9.17, 15) is 9.59 Å². The first-order valence-corrected chi connectivity index (χ1v) is 12.2. The van der Waals surface area contributed by atoms with Crippen molar-refractivity contribution in [3.05, 3.63) is 98.3 Å². The van der Waals surface area contributed by atoms with Gasteiger partial charge in [-0.2, -0.15) is 11.8 Å². The highest BCUT2D eigenvalue weighted by Crippen LogP contribution is 2.16. The predicted molar refractivity (Wildman–Crippen MR) is 132 cm³/mol. The fraction of sp³-hybridized carbons (Fsp3) is 0.167. The normalized spacial score (nSPS) is 11.2. The molecule has 0 fully saturated rings. The Balaban J connectivity index is 1.56. The monoisotopic (exact) mass is 470 g/mol. The largest absolute Gasteiger partial charge is 0.350 e. The van der Waals surface area contributed by atoms with E-state index in [0.29, 0.717) is 12.1 Å². The molecule has 0 saturated heterocycles. The number of rotatable bonds is 9. The highest BCUT2D eigenvalue weighted by atomic mass is 35.5. The average Bonchev–Trinajstić information content (AvgIpc) is 3.26. The summed E-state index contributed by atoms with van der Waals surface area (Å²) >= 11 is 9.22. The summed E-state index contributed by atoms with van der Waals surface area (Å²) in [5.41, 5.74) is 2.95. The number of carbonyl (C=O) groups excluding carboxylic acids is 2. The molecule has 160 valence electrons. The number of hydrogen-bond donors (Lipinski definition) is 2. The van der Waals surface area contributed by atoms with Gasteiger partial charge in [-0.25, -0.2) is 0 Å². The van der Waals surface area contributed by atoms with Crippen molar-refractivity contribution in [2.45, 2.75) is 12.7 Å². The zero-order valence-corrected chi connectivity index (χ0v) is 19.4. The first-order valence-electron chi connectivity index (χ1n) is 9.75. The summed E-state index contributed by atoms with van der Waals surface area (Å²) < 4.78 is 0. The first kappa shape index (κ1) is 23.1. The van der Waals surface area contributed by atoms with Crippen LogP contribution < -0.4 is 10.6 Å². The molecule has 0 radical (unpaired) electrons. The van der Waals surface area contributed by atoms with Crippen LogP contribution >= 0.6 is 34.7 Å². The van der Waals surface area contributed by atoms with Gasteiger partial charge in [-0.3, -0.25) is 9.59 Å². The third-order valence-electron chi connectivity index (χ3n) is 4.33. The molecule has 0 aliphatic heterocycles. The van der Waals surface area contributed by atoms with E-state index < -0.39 is 0 Å². The number of thioether (sulfide) groups is 1. The van der Waals surface area contributed by atoms with Crippen molar-refractivity contribution in [1.82, 2.24) is 10.6 Å². The Bertz CT molecular complexity index is 1050. The highest BCUT2D eigenvalue weighted by Gasteiger charge is 2.14. The van der Waals surface area contributed by atoms with Crippen LogP contribution in [0.1, 0.15) is 26.4 Å². The van der Waals surface area contributed by atoms with E-state index in [2.05, 4.69) is 10.6 Å². The number of amides is 2. The zero-order valence-electron chi connectivity index (χ0n) is 17.1. The van der Waals surface area contributed by atoms with Crippen molar-refractivity contribution >= 4 is 52.6 Å². The first-order chi connectivity index (χ1) is 15.0. The summed E-state index contributed by atoms with van der Waals surface area (Å²) in [7, 11) is 0. The van der Waals surface area contributed by atoms with Crippen LogP contribution in [0.2, 0.25) is 5.02 Å². The van der Waals surface area contributed by atoms with Gasteiger partial charge in [0.25, 0.3) is 11.8 Å². The Morgan fingerprint density at radius 2 is 1.90 bits per heavy atom. The fourth-order valence-corrected chi connectivity index (χ4v) is 4.40. The molecule has 3 aromatic rings. The van der Waals surface area contributed by atoms with E-state index >= 15 is 0 Å².